The normalized spacial score (nSPS) is 12.6. The summed E-state index contributed by atoms with van der Waals surface area (Å²) in [5.41, 5.74) is 1.89. The van der Waals surface area contributed by atoms with Gasteiger partial charge in [0.15, 0.2) is 6.23 Å². The molecule has 0 heterocycles. The molecule has 4 aromatic carbocycles. The average molecular weight is 561 g/mol. The number of rotatable bonds is 12. The molecule has 0 saturated carbocycles. The van der Waals surface area contributed by atoms with Gasteiger partial charge in [-0.25, -0.2) is 18.0 Å². The van der Waals surface area contributed by atoms with Crippen LogP contribution in [0.2, 0.25) is 0 Å². The minimum absolute atomic E-state index is 0.0969. The van der Waals surface area contributed by atoms with Crippen LogP contribution in [0.25, 0.3) is 0 Å². The van der Waals surface area contributed by atoms with Crippen molar-refractivity contribution in [3.05, 3.63) is 132 Å². The van der Waals surface area contributed by atoms with Crippen molar-refractivity contribution in [3.8, 4) is 5.75 Å². The van der Waals surface area contributed by atoms with Gasteiger partial charge in [-0.1, -0.05) is 91.0 Å². The molecule has 3 N–H and O–H groups in total. The molecular weight excluding hydrogens is 532 g/mol. The van der Waals surface area contributed by atoms with Crippen molar-refractivity contribution in [1.82, 2.24) is 10.0 Å². The number of carbonyl (C=O) groups is 2. The Morgan fingerprint density at radius 2 is 1.32 bits per heavy atom. The van der Waals surface area contributed by atoms with Crippen molar-refractivity contribution < 1.29 is 32.6 Å². The number of sulfonamides is 1. The maximum atomic E-state index is 13.0. The van der Waals surface area contributed by atoms with Crippen molar-refractivity contribution in [1.29, 1.82) is 0 Å². The fraction of sp³-hybridized carbons (Fsp3) is 0.133. The van der Waals surface area contributed by atoms with Crippen LogP contribution < -0.4 is 14.8 Å². The van der Waals surface area contributed by atoms with Crippen LogP contribution in [0.15, 0.2) is 120 Å². The lowest BCUT2D eigenvalue weighted by molar-refractivity contribution is -0.139. The molecule has 2 unspecified atom stereocenters. The Hall–Kier alpha value is -4.67. The van der Waals surface area contributed by atoms with E-state index in [0.29, 0.717) is 16.9 Å². The molecule has 9 nitrogen and oxygen atoms in total. The van der Waals surface area contributed by atoms with E-state index in [1.807, 2.05) is 12.1 Å². The molecular formula is C30H28N2O7S. The fourth-order valence-electron chi connectivity index (χ4n) is 3.78. The standard InChI is InChI=1S/C30H28N2O7S/c33-29(34)27(20-22-10-4-1-5-11-22)31-30(35)38-21-23-16-18-24(19-17-23)28(39-25-12-6-2-7-13-25)32-40(36,37)26-14-8-3-9-15-26/h1-19,27-28,32H,20-21H2,(H,31,35)(H,33,34). The van der Waals surface area contributed by atoms with Gasteiger partial charge in [0, 0.05) is 12.0 Å². The molecule has 4 rings (SSSR count). The number of aliphatic carboxylic acids is 1. The second kappa shape index (κ2) is 13.4. The van der Waals surface area contributed by atoms with Crippen LogP contribution in [0, 0.1) is 0 Å². The summed E-state index contributed by atoms with van der Waals surface area (Å²) in [6.45, 7) is -0.121. The molecule has 0 aromatic heterocycles. The number of nitrogens with one attached hydrogen (secondary N) is 2. The van der Waals surface area contributed by atoms with Gasteiger partial charge < -0.3 is 19.9 Å². The van der Waals surface area contributed by atoms with E-state index >= 15 is 0 Å². The maximum absolute atomic E-state index is 13.0. The Kier molecular flexibility index (Phi) is 9.50. The third-order valence-electron chi connectivity index (χ3n) is 5.84. The van der Waals surface area contributed by atoms with Crippen molar-refractivity contribution in [2.75, 3.05) is 0 Å². The topological polar surface area (TPSA) is 131 Å². The molecule has 0 spiro atoms. The maximum Gasteiger partial charge on any atom is 0.408 e. The van der Waals surface area contributed by atoms with Gasteiger partial charge in [-0.05, 0) is 35.4 Å². The van der Waals surface area contributed by atoms with E-state index in [9.17, 15) is 23.1 Å². The molecule has 10 heteroatoms. The zero-order valence-corrected chi connectivity index (χ0v) is 22.2. The monoisotopic (exact) mass is 560 g/mol. The van der Waals surface area contributed by atoms with Gasteiger partial charge in [-0.15, -0.1) is 0 Å². The van der Waals surface area contributed by atoms with E-state index in [1.165, 1.54) is 12.1 Å². The number of carbonyl (C=O) groups excluding carboxylic acids is 1. The van der Waals surface area contributed by atoms with Gasteiger partial charge >= 0.3 is 12.1 Å². The smallest absolute Gasteiger partial charge is 0.408 e. The minimum atomic E-state index is -3.90. The highest BCUT2D eigenvalue weighted by Gasteiger charge is 2.24. The first-order chi connectivity index (χ1) is 19.3. The largest absolute Gasteiger partial charge is 0.480 e. The molecule has 0 aliphatic carbocycles. The van der Waals surface area contributed by atoms with Crippen molar-refractivity contribution in [2.24, 2.45) is 0 Å². The number of benzene rings is 4. The third-order valence-corrected chi connectivity index (χ3v) is 7.26. The highest BCUT2D eigenvalue weighted by Crippen LogP contribution is 2.23. The number of ether oxygens (including phenoxy) is 2. The number of alkyl carbamates (subject to hydrolysis) is 1. The molecule has 206 valence electrons. The van der Waals surface area contributed by atoms with Crippen LogP contribution in [0.5, 0.6) is 5.75 Å². The molecule has 0 bridgehead atoms. The van der Waals surface area contributed by atoms with E-state index in [2.05, 4.69) is 10.0 Å². The lowest BCUT2D eigenvalue weighted by Crippen LogP contribution is -2.42. The molecule has 40 heavy (non-hydrogen) atoms. The van der Waals surface area contributed by atoms with Crippen LogP contribution in [0.4, 0.5) is 4.79 Å². The lowest BCUT2D eigenvalue weighted by atomic mass is 10.1. The van der Waals surface area contributed by atoms with Crippen molar-refractivity contribution in [3.63, 3.8) is 0 Å². The Labute approximate surface area is 232 Å². The Balaban J connectivity index is 1.41. The van der Waals surface area contributed by atoms with Gasteiger partial charge in [0.05, 0.1) is 4.90 Å². The van der Waals surface area contributed by atoms with Gasteiger partial charge in [0.25, 0.3) is 0 Å². The highest BCUT2D eigenvalue weighted by molar-refractivity contribution is 7.89. The molecule has 0 fully saturated rings. The molecule has 0 radical (unpaired) electrons. The SMILES string of the molecule is O=C(NC(Cc1ccccc1)C(=O)O)OCc1ccc(C(NS(=O)(=O)c2ccccc2)Oc2ccccc2)cc1. The summed E-state index contributed by atoms with van der Waals surface area (Å²) < 4.78 is 39.8. The van der Waals surface area contributed by atoms with Crippen LogP contribution in [-0.4, -0.2) is 31.6 Å². The van der Waals surface area contributed by atoms with Crippen LogP contribution >= 0.6 is 0 Å². The van der Waals surface area contributed by atoms with Gasteiger partial charge in [0.1, 0.15) is 18.4 Å². The summed E-state index contributed by atoms with van der Waals surface area (Å²) in [5, 5.41) is 11.9. The molecule has 2 atom stereocenters. The number of carboxylic acid groups (broad SMARTS) is 1. The predicted octanol–water partition coefficient (Wildman–Crippen LogP) is 4.66. The highest BCUT2D eigenvalue weighted by atomic mass is 32.2. The molecule has 0 aliphatic rings. The van der Waals surface area contributed by atoms with E-state index < -0.39 is 34.4 Å². The first-order valence-electron chi connectivity index (χ1n) is 12.4. The second-order valence-electron chi connectivity index (χ2n) is 8.79. The first-order valence-corrected chi connectivity index (χ1v) is 13.9. The quantitative estimate of drug-likeness (QED) is 0.215. The average Bonchev–Trinajstić information content (AvgIpc) is 2.97. The van der Waals surface area contributed by atoms with Crippen molar-refractivity contribution >= 4 is 22.1 Å². The molecule has 1 amide bonds. The predicted molar refractivity (Wildman–Crippen MR) is 148 cm³/mol. The zero-order chi connectivity index (χ0) is 28.4. The number of hydrogen-bond donors (Lipinski definition) is 3. The van der Waals surface area contributed by atoms with Crippen LogP contribution in [0.1, 0.15) is 22.9 Å². The number of para-hydroxylation sites is 1. The summed E-state index contributed by atoms with van der Waals surface area (Å²) in [6, 6.07) is 31.2. The minimum Gasteiger partial charge on any atom is -0.480 e. The lowest BCUT2D eigenvalue weighted by Gasteiger charge is -2.21. The van der Waals surface area contributed by atoms with E-state index in [-0.39, 0.29) is 17.9 Å². The molecule has 4 aromatic rings. The second-order valence-corrected chi connectivity index (χ2v) is 10.5. The van der Waals surface area contributed by atoms with E-state index in [1.54, 1.807) is 91.0 Å². The summed E-state index contributed by atoms with van der Waals surface area (Å²) in [4.78, 5) is 24.0. The summed E-state index contributed by atoms with van der Waals surface area (Å²) in [6.07, 6.45) is -1.80. The number of amides is 1. The van der Waals surface area contributed by atoms with E-state index in [0.717, 1.165) is 5.56 Å². The number of carboxylic acids is 1. The summed E-state index contributed by atoms with van der Waals surface area (Å²) >= 11 is 0. The fourth-order valence-corrected chi connectivity index (χ4v) is 4.89. The number of hydrogen-bond acceptors (Lipinski definition) is 6. The van der Waals surface area contributed by atoms with Crippen molar-refractivity contribution in [2.45, 2.75) is 30.2 Å². The van der Waals surface area contributed by atoms with E-state index in [4.69, 9.17) is 9.47 Å². The molecule has 0 aliphatic heterocycles. The van der Waals surface area contributed by atoms with Gasteiger partial charge in [-0.3, -0.25) is 0 Å². The van der Waals surface area contributed by atoms with Crippen LogP contribution in [-0.2, 0) is 32.6 Å². The van der Waals surface area contributed by atoms with Gasteiger partial charge in [0.2, 0.25) is 10.0 Å². The summed E-state index contributed by atoms with van der Waals surface area (Å²) in [5.74, 6) is -0.705. The van der Waals surface area contributed by atoms with Gasteiger partial charge in [-0.2, -0.15) is 4.72 Å². The first kappa shape index (κ1) is 28.3. The Morgan fingerprint density at radius 3 is 1.93 bits per heavy atom. The molecule has 0 saturated heterocycles. The zero-order valence-electron chi connectivity index (χ0n) is 21.3. The van der Waals surface area contributed by atoms with Crippen LogP contribution in [0.3, 0.4) is 0 Å². The Morgan fingerprint density at radius 1 is 0.750 bits per heavy atom. The Bertz CT molecular complexity index is 1500. The third kappa shape index (κ3) is 8.16. The summed E-state index contributed by atoms with van der Waals surface area (Å²) in [7, 11) is -3.90.